The highest BCUT2D eigenvalue weighted by molar-refractivity contribution is 6.01. The third-order valence-electron chi connectivity index (χ3n) is 3.50. The number of hydrogen-bond acceptors (Lipinski definition) is 5. The van der Waals surface area contributed by atoms with Gasteiger partial charge in [0, 0.05) is 6.42 Å². The van der Waals surface area contributed by atoms with E-state index in [4.69, 9.17) is 10.6 Å². The van der Waals surface area contributed by atoms with E-state index in [0.29, 0.717) is 17.9 Å². The van der Waals surface area contributed by atoms with Crippen LogP contribution >= 0.6 is 0 Å². The van der Waals surface area contributed by atoms with Gasteiger partial charge >= 0.3 is 5.97 Å². The van der Waals surface area contributed by atoms with E-state index in [0.717, 1.165) is 12.0 Å². The molecule has 0 radical (unpaired) electrons. The van der Waals surface area contributed by atoms with Crippen LogP contribution in [0.2, 0.25) is 0 Å². The van der Waals surface area contributed by atoms with E-state index in [1.165, 1.54) is 7.11 Å². The first-order chi connectivity index (χ1) is 12.6. The van der Waals surface area contributed by atoms with E-state index >= 15 is 0 Å². The monoisotopic (exact) mass is 355 g/mol. The van der Waals surface area contributed by atoms with Crippen LogP contribution in [0.1, 0.15) is 22.3 Å². The number of rotatable bonds is 8. The van der Waals surface area contributed by atoms with Crippen molar-refractivity contribution in [3.05, 3.63) is 65.7 Å². The van der Waals surface area contributed by atoms with Crippen LogP contribution in [0.3, 0.4) is 0 Å². The van der Waals surface area contributed by atoms with E-state index in [1.807, 2.05) is 30.3 Å². The normalized spacial score (nSPS) is 10.9. The summed E-state index contributed by atoms with van der Waals surface area (Å²) in [5.74, 6) is -0.692. The van der Waals surface area contributed by atoms with E-state index in [9.17, 15) is 9.59 Å². The topological polar surface area (TPSA) is 103 Å². The number of amidine groups is 1. The fourth-order valence-electron chi connectivity index (χ4n) is 2.20. The lowest BCUT2D eigenvalue weighted by atomic mass is 10.1. The first-order valence-electron chi connectivity index (χ1n) is 8.05. The Morgan fingerprint density at radius 1 is 1.08 bits per heavy atom. The standard InChI is InChI=1S/C19H21N3O4/c1-25-19(24)15-9-5-6-10-16(15)21-18(23)13-26-22-17(20)12-11-14-7-3-2-4-8-14/h2-10H,11-13H2,1H3,(H2,20,22)(H,21,23). The van der Waals surface area contributed by atoms with Crippen LogP contribution in [0.5, 0.6) is 0 Å². The van der Waals surface area contributed by atoms with Crippen molar-refractivity contribution in [3.63, 3.8) is 0 Å². The highest BCUT2D eigenvalue weighted by atomic mass is 16.6. The Balaban J connectivity index is 1.81. The van der Waals surface area contributed by atoms with Gasteiger partial charge in [-0.2, -0.15) is 0 Å². The lowest BCUT2D eigenvalue weighted by Gasteiger charge is -2.09. The highest BCUT2D eigenvalue weighted by Crippen LogP contribution is 2.15. The molecule has 0 aliphatic carbocycles. The number of nitrogens with one attached hydrogen (secondary N) is 1. The Morgan fingerprint density at radius 3 is 2.50 bits per heavy atom. The Labute approximate surface area is 151 Å². The molecule has 0 saturated carbocycles. The largest absolute Gasteiger partial charge is 0.465 e. The summed E-state index contributed by atoms with van der Waals surface area (Å²) in [7, 11) is 1.27. The molecule has 7 heteroatoms. The summed E-state index contributed by atoms with van der Waals surface area (Å²) >= 11 is 0. The molecule has 0 aromatic heterocycles. The zero-order valence-corrected chi connectivity index (χ0v) is 14.5. The van der Waals surface area contributed by atoms with Gasteiger partial charge in [-0.1, -0.05) is 47.6 Å². The fraction of sp³-hybridized carbons (Fsp3) is 0.211. The van der Waals surface area contributed by atoms with E-state index in [1.54, 1.807) is 24.3 Å². The minimum absolute atomic E-state index is 0.259. The van der Waals surface area contributed by atoms with Crippen LogP contribution in [0, 0.1) is 0 Å². The molecule has 136 valence electrons. The Kier molecular flexibility index (Phi) is 7.17. The summed E-state index contributed by atoms with van der Waals surface area (Å²) in [5.41, 5.74) is 7.52. The number of hydrogen-bond donors (Lipinski definition) is 2. The van der Waals surface area contributed by atoms with Gasteiger partial charge in [-0.25, -0.2) is 4.79 Å². The molecule has 0 aliphatic heterocycles. The second-order valence-corrected chi connectivity index (χ2v) is 5.43. The number of oxime groups is 1. The van der Waals surface area contributed by atoms with Crippen molar-refractivity contribution in [1.29, 1.82) is 0 Å². The van der Waals surface area contributed by atoms with Crippen molar-refractivity contribution in [2.75, 3.05) is 19.0 Å². The van der Waals surface area contributed by atoms with Gasteiger partial charge in [0.15, 0.2) is 6.61 Å². The molecule has 0 aliphatic rings. The number of nitrogens with two attached hydrogens (primary N) is 1. The molecule has 2 rings (SSSR count). The number of amides is 1. The summed E-state index contributed by atoms with van der Waals surface area (Å²) in [5, 5.41) is 6.32. The van der Waals surface area contributed by atoms with Crippen molar-refractivity contribution >= 4 is 23.4 Å². The van der Waals surface area contributed by atoms with Gasteiger partial charge in [-0.15, -0.1) is 0 Å². The summed E-state index contributed by atoms with van der Waals surface area (Å²) in [4.78, 5) is 28.6. The number of aryl methyl sites for hydroxylation is 1. The zero-order chi connectivity index (χ0) is 18.8. The average Bonchev–Trinajstić information content (AvgIpc) is 2.67. The van der Waals surface area contributed by atoms with Crippen LogP contribution in [-0.2, 0) is 20.8 Å². The number of para-hydroxylation sites is 1. The molecule has 7 nitrogen and oxygen atoms in total. The number of carbonyl (C=O) groups is 2. The molecule has 1 amide bonds. The molecule has 0 unspecified atom stereocenters. The van der Waals surface area contributed by atoms with Gasteiger partial charge in [0.1, 0.15) is 5.84 Å². The maximum absolute atomic E-state index is 11.9. The van der Waals surface area contributed by atoms with Crippen molar-refractivity contribution in [3.8, 4) is 0 Å². The predicted octanol–water partition coefficient (Wildman–Crippen LogP) is 2.33. The molecule has 0 fully saturated rings. The zero-order valence-electron chi connectivity index (χ0n) is 14.5. The van der Waals surface area contributed by atoms with Crippen LogP contribution in [0.4, 0.5) is 5.69 Å². The van der Waals surface area contributed by atoms with E-state index < -0.39 is 11.9 Å². The molecule has 0 heterocycles. The van der Waals surface area contributed by atoms with E-state index in [2.05, 4.69) is 15.2 Å². The van der Waals surface area contributed by atoms with Crippen molar-refractivity contribution in [2.45, 2.75) is 12.8 Å². The second-order valence-electron chi connectivity index (χ2n) is 5.43. The van der Waals surface area contributed by atoms with Crippen LogP contribution in [0.15, 0.2) is 59.8 Å². The van der Waals surface area contributed by atoms with Gasteiger partial charge in [0.25, 0.3) is 5.91 Å². The lowest BCUT2D eigenvalue weighted by molar-refractivity contribution is -0.120. The van der Waals surface area contributed by atoms with Crippen LogP contribution in [-0.4, -0.2) is 31.4 Å². The third-order valence-corrected chi connectivity index (χ3v) is 3.50. The third kappa shape index (κ3) is 5.94. The highest BCUT2D eigenvalue weighted by Gasteiger charge is 2.13. The van der Waals surface area contributed by atoms with E-state index in [-0.39, 0.29) is 12.2 Å². The minimum atomic E-state index is -0.537. The molecule has 26 heavy (non-hydrogen) atoms. The summed E-state index contributed by atoms with van der Waals surface area (Å²) in [6.45, 7) is -0.318. The molecule has 2 aromatic rings. The Bertz CT molecular complexity index is 775. The Hall–Kier alpha value is -3.35. The fourth-order valence-corrected chi connectivity index (χ4v) is 2.20. The summed E-state index contributed by atoms with van der Waals surface area (Å²) < 4.78 is 4.67. The first-order valence-corrected chi connectivity index (χ1v) is 8.05. The number of esters is 1. The number of benzene rings is 2. The molecular weight excluding hydrogens is 334 g/mol. The first kappa shape index (κ1) is 19.0. The molecular formula is C19H21N3O4. The van der Waals surface area contributed by atoms with Gasteiger partial charge in [-0.05, 0) is 24.1 Å². The molecule has 0 atom stereocenters. The van der Waals surface area contributed by atoms with Crippen molar-refractivity contribution in [2.24, 2.45) is 10.9 Å². The smallest absolute Gasteiger partial charge is 0.339 e. The van der Waals surface area contributed by atoms with Crippen molar-refractivity contribution in [1.82, 2.24) is 0 Å². The van der Waals surface area contributed by atoms with Crippen molar-refractivity contribution < 1.29 is 19.2 Å². The lowest BCUT2D eigenvalue weighted by Crippen LogP contribution is -2.20. The number of methoxy groups -OCH3 is 1. The summed E-state index contributed by atoms with van der Waals surface area (Å²) in [6.07, 6.45) is 1.26. The molecule has 0 bridgehead atoms. The minimum Gasteiger partial charge on any atom is -0.465 e. The number of nitrogens with zero attached hydrogens (tertiary/aromatic N) is 1. The second kappa shape index (κ2) is 9.83. The predicted molar refractivity (Wildman–Crippen MR) is 98.7 cm³/mol. The van der Waals surface area contributed by atoms with Gasteiger partial charge in [-0.3, -0.25) is 4.79 Å². The summed E-state index contributed by atoms with van der Waals surface area (Å²) in [6, 6.07) is 16.4. The molecule has 0 spiro atoms. The maximum atomic E-state index is 11.9. The quantitative estimate of drug-likeness (QED) is 0.327. The molecule has 3 N–H and O–H groups in total. The number of carbonyl (C=O) groups excluding carboxylic acids is 2. The average molecular weight is 355 g/mol. The maximum Gasteiger partial charge on any atom is 0.339 e. The van der Waals surface area contributed by atoms with Gasteiger partial charge < -0.3 is 20.6 Å². The SMILES string of the molecule is COC(=O)c1ccccc1NC(=O)CO/N=C(\N)CCc1ccccc1. The van der Waals surface area contributed by atoms with Crippen LogP contribution in [0.25, 0.3) is 0 Å². The molecule has 2 aromatic carbocycles. The van der Waals surface area contributed by atoms with Crippen LogP contribution < -0.4 is 11.1 Å². The Morgan fingerprint density at radius 2 is 1.77 bits per heavy atom. The molecule has 0 saturated heterocycles. The van der Waals surface area contributed by atoms with Gasteiger partial charge in [0.2, 0.25) is 0 Å². The number of ether oxygens (including phenoxy) is 1. The van der Waals surface area contributed by atoms with Gasteiger partial charge in [0.05, 0.1) is 18.4 Å². The number of anilines is 1.